The first-order valence-electron chi connectivity index (χ1n) is 5.51. The van der Waals surface area contributed by atoms with Gasteiger partial charge in [0, 0.05) is 29.1 Å². The third-order valence-corrected chi connectivity index (χ3v) is 2.43. The fraction of sp³-hybridized carbons (Fsp3) is 0.0667. The zero-order valence-electron chi connectivity index (χ0n) is 10.4. The van der Waals surface area contributed by atoms with E-state index in [1.807, 2.05) is 36.4 Å². The molecule has 2 rings (SSSR count). The molecule has 0 radical (unpaired) electrons. The maximum Gasteiger partial charge on any atom is 0.0852 e. The van der Waals surface area contributed by atoms with Crippen molar-refractivity contribution in [2.45, 2.75) is 6.92 Å². The summed E-state index contributed by atoms with van der Waals surface area (Å²) in [4.78, 5) is 4.07. The summed E-state index contributed by atoms with van der Waals surface area (Å²) < 4.78 is 0. The molecule has 1 aromatic carbocycles. The molecule has 0 fully saturated rings. The van der Waals surface area contributed by atoms with Gasteiger partial charge in [-0.2, -0.15) is 0 Å². The minimum atomic E-state index is 0. The molecule has 1 aromatic heterocycles. The van der Waals surface area contributed by atoms with Gasteiger partial charge in [0.1, 0.15) is 0 Å². The average Bonchev–Trinajstić information content (AvgIpc) is 2.45. The van der Waals surface area contributed by atoms with Crippen molar-refractivity contribution in [1.82, 2.24) is 4.98 Å². The quantitative estimate of drug-likeness (QED) is 0.375. The third kappa shape index (κ3) is 4.13. The lowest BCUT2D eigenvalue weighted by Gasteiger charge is -1.97. The lowest BCUT2D eigenvalue weighted by Crippen LogP contribution is -1.96. The van der Waals surface area contributed by atoms with Crippen molar-refractivity contribution >= 4 is 18.1 Å². The summed E-state index contributed by atoms with van der Waals surface area (Å²) in [5, 5.41) is 11.9. The van der Waals surface area contributed by atoms with E-state index in [1.165, 1.54) is 0 Å². The first-order chi connectivity index (χ1) is 8.79. The number of rotatable bonds is 1. The lowest BCUT2D eigenvalue weighted by molar-refractivity contribution is 0.319. The van der Waals surface area contributed by atoms with Crippen LogP contribution in [0.15, 0.2) is 53.9 Å². The van der Waals surface area contributed by atoms with Crippen molar-refractivity contribution in [3.05, 3.63) is 65.5 Å². The highest BCUT2D eigenvalue weighted by Gasteiger charge is 1.98. The van der Waals surface area contributed by atoms with Gasteiger partial charge in [-0.1, -0.05) is 35.2 Å². The highest BCUT2D eigenvalue weighted by Crippen LogP contribution is 2.04. The van der Waals surface area contributed by atoms with Gasteiger partial charge >= 0.3 is 0 Å². The van der Waals surface area contributed by atoms with Crippen LogP contribution < -0.4 is 0 Å². The molecule has 0 aliphatic heterocycles. The van der Waals surface area contributed by atoms with Crippen LogP contribution in [0.2, 0.25) is 0 Å². The molecular formula is C15H13ClN2O. The molecule has 1 heterocycles. The van der Waals surface area contributed by atoms with Gasteiger partial charge in [0.25, 0.3) is 0 Å². The Balaban J connectivity index is 0.00000180. The van der Waals surface area contributed by atoms with Gasteiger partial charge < -0.3 is 5.21 Å². The molecule has 0 bridgehead atoms. The third-order valence-electron chi connectivity index (χ3n) is 2.43. The Labute approximate surface area is 118 Å². The Morgan fingerprint density at radius 3 is 2.47 bits per heavy atom. The second-order valence-corrected chi connectivity index (χ2v) is 3.76. The molecular weight excluding hydrogens is 260 g/mol. The van der Waals surface area contributed by atoms with E-state index in [2.05, 4.69) is 22.0 Å². The van der Waals surface area contributed by atoms with Crippen molar-refractivity contribution in [1.29, 1.82) is 0 Å². The Bertz CT molecular complexity index is 627. The van der Waals surface area contributed by atoms with E-state index in [4.69, 9.17) is 5.21 Å². The molecule has 0 saturated heterocycles. The second-order valence-electron chi connectivity index (χ2n) is 3.76. The van der Waals surface area contributed by atoms with E-state index < -0.39 is 0 Å². The molecule has 4 heteroatoms. The monoisotopic (exact) mass is 272 g/mol. The van der Waals surface area contributed by atoms with Crippen LogP contribution in [0.3, 0.4) is 0 Å². The number of nitrogens with zero attached hydrogens (tertiary/aromatic N) is 2. The van der Waals surface area contributed by atoms with Crippen LogP contribution in [0, 0.1) is 11.8 Å². The van der Waals surface area contributed by atoms with Gasteiger partial charge in [0.05, 0.1) is 5.71 Å². The van der Waals surface area contributed by atoms with Gasteiger partial charge in [0.15, 0.2) is 0 Å². The molecule has 0 spiro atoms. The van der Waals surface area contributed by atoms with Gasteiger partial charge in [-0.05, 0) is 25.1 Å². The van der Waals surface area contributed by atoms with Crippen molar-refractivity contribution < 1.29 is 5.21 Å². The predicted octanol–water partition coefficient (Wildman–Crippen LogP) is 3.10. The van der Waals surface area contributed by atoms with Crippen molar-refractivity contribution in [3.8, 4) is 11.8 Å². The SMILES string of the molecule is CC(=NO)c1cncc(C#Cc2ccccc2)c1.Cl. The van der Waals surface area contributed by atoms with E-state index >= 15 is 0 Å². The molecule has 0 amide bonds. The van der Waals surface area contributed by atoms with E-state index in [0.29, 0.717) is 5.71 Å². The molecule has 2 aromatic rings. The lowest BCUT2D eigenvalue weighted by atomic mass is 10.1. The molecule has 0 aliphatic rings. The van der Waals surface area contributed by atoms with Gasteiger partial charge in [-0.15, -0.1) is 12.4 Å². The summed E-state index contributed by atoms with van der Waals surface area (Å²) in [5.74, 6) is 6.08. The maximum atomic E-state index is 8.71. The minimum absolute atomic E-state index is 0. The molecule has 19 heavy (non-hydrogen) atoms. The fourth-order valence-corrected chi connectivity index (χ4v) is 1.43. The van der Waals surface area contributed by atoms with Crippen LogP contribution >= 0.6 is 12.4 Å². The summed E-state index contributed by atoms with van der Waals surface area (Å²) in [6, 6.07) is 11.6. The summed E-state index contributed by atoms with van der Waals surface area (Å²) in [7, 11) is 0. The molecule has 0 atom stereocenters. The minimum Gasteiger partial charge on any atom is -0.411 e. The first kappa shape index (κ1) is 14.7. The van der Waals surface area contributed by atoms with Crippen LogP contribution in [-0.4, -0.2) is 15.9 Å². The van der Waals surface area contributed by atoms with E-state index in [9.17, 15) is 0 Å². The van der Waals surface area contributed by atoms with Crippen LogP contribution in [0.5, 0.6) is 0 Å². The number of halogens is 1. The zero-order valence-corrected chi connectivity index (χ0v) is 11.2. The van der Waals surface area contributed by atoms with Gasteiger partial charge in [0.2, 0.25) is 0 Å². The standard InChI is InChI=1S/C15H12N2O.ClH/c1-12(17-18)15-9-14(10-16-11-15)8-7-13-5-3-2-4-6-13;/h2-6,9-11,18H,1H3;1H. The number of aromatic nitrogens is 1. The number of pyridine rings is 1. The topological polar surface area (TPSA) is 45.5 Å². The molecule has 1 N–H and O–H groups in total. The van der Waals surface area contributed by atoms with E-state index in [-0.39, 0.29) is 12.4 Å². The highest BCUT2D eigenvalue weighted by molar-refractivity contribution is 5.98. The van der Waals surface area contributed by atoms with Crippen molar-refractivity contribution in [2.75, 3.05) is 0 Å². The number of benzene rings is 1. The van der Waals surface area contributed by atoms with Crippen LogP contribution in [0.1, 0.15) is 23.6 Å². The summed E-state index contributed by atoms with van der Waals surface area (Å²) in [6.07, 6.45) is 3.33. The summed E-state index contributed by atoms with van der Waals surface area (Å²) >= 11 is 0. The van der Waals surface area contributed by atoms with E-state index in [1.54, 1.807) is 19.3 Å². The largest absolute Gasteiger partial charge is 0.411 e. The normalized spacial score (nSPS) is 10.1. The molecule has 0 saturated carbocycles. The Morgan fingerprint density at radius 1 is 1.11 bits per heavy atom. The second kappa shape index (κ2) is 7.20. The fourth-order valence-electron chi connectivity index (χ4n) is 1.43. The molecule has 96 valence electrons. The number of hydrogen-bond donors (Lipinski definition) is 1. The maximum absolute atomic E-state index is 8.71. The highest BCUT2D eigenvalue weighted by atomic mass is 35.5. The van der Waals surface area contributed by atoms with Crippen LogP contribution in [0.25, 0.3) is 0 Å². The van der Waals surface area contributed by atoms with Crippen LogP contribution in [-0.2, 0) is 0 Å². The zero-order chi connectivity index (χ0) is 12.8. The number of hydrogen-bond acceptors (Lipinski definition) is 3. The number of oxime groups is 1. The summed E-state index contributed by atoms with van der Waals surface area (Å²) in [6.45, 7) is 1.71. The predicted molar refractivity (Wildman–Crippen MR) is 77.9 cm³/mol. The Morgan fingerprint density at radius 2 is 1.79 bits per heavy atom. The Kier molecular flexibility index (Phi) is 5.59. The van der Waals surface area contributed by atoms with Crippen molar-refractivity contribution in [2.24, 2.45) is 5.16 Å². The van der Waals surface area contributed by atoms with Gasteiger partial charge in [-0.3, -0.25) is 4.98 Å². The van der Waals surface area contributed by atoms with Gasteiger partial charge in [-0.25, -0.2) is 0 Å². The molecule has 0 aliphatic carbocycles. The summed E-state index contributed by atoms with van der Waals surface area (Å²) in [5.41, 5.74) is 3.03. The smallest absolute Gasteiger partial charge is 0.0852 e. The van der Waals surface area contributed by atoms with E-state index in [0.717, 1.165) is 16.7 Å². The van der Waals surface area contributed by atoms with Crippen LogP contribution in [0.4, 0.5) is 0 Å². The molecule has 3 nitrogen and oxygen atoms in total. The average molecular weight is 273 g/mol. The molecule has 0 unspecified atom stereocenters. The first-order valence-corrected chi connectivity index (χ1v) is 5.51. The van der Waals surface area contributed by atoms with Crippen molar-refractivity contribution in [3.63, 3.8) is 0 Å². The Hall–Kier alpha value is -2.31.